The molecule has 0 saturated heterocycles. The second-order valence-corrected chi connectivity index (χ2v) is 10.9. The molecule has 0 fully saturated rings. The Bertz CT molecular complexity index is 514. The highest BCUT2D eigenvalue weighted by Crippen LogP contribution is 2.16. The van der Waals surface area contributed by atoms with Gasteiger partial charge in [0.15, 0.2) is 0 Å². The van der Waals surface area contributed by atoms with Gasteiger partial charge in [-0.15, -0.1) is 0 Å². The Kier molecular flexibility index (Phi) is 4.59. The van der Waals surface area contributed by atoms with Crippen LogP contribution in [0.5, 0.6) is 0 Å². The fourth-order valence-corrected chi connectivity index (χ4v) is 5.08. The molecule has 0 heterocycles. The minimum Gasteiger partial charge on any atom is -0.0654 e. The Balaban J connectivity index is 1.92. The Morgan fingerprint density at radius 3 is 2.32 bits per heavy atom. The molecule has 1 heteroatoms. The summed E-state index contributed by atoms with van der Waals surface area (Å²) in [5.41, 5.74) is 2.86. The molecule has 0 aliphatic heterocycles. The number of rotatable bonds is 5. The number of hydrogen-bond donors (Lipinski definition) is 0. The number of hydrogen-bond acceptors (Lipinski definition) is 0. The Hall–Kier alpha value is -1.34. The monoisotopic (exact) mass is 268 g/mol. The van der Waals surface area contributed by atoms with Crippen LogP contribution in [0.1, 0.15) is 17.5 Å². The Labute approximate surface area is 118 Å². The SMILES string of the molecule is Cc1cccc(CCC[Si](C)(C)c2ccccc2)c1. The summed E-state index contributed by atoms with van der Waals surface area (Å²) in [5, 5.41) is 1.58. The molecule has 0 aromatic heterocycles. The van der Waals surface area contributed by atoms with Gasteiger partial charge >= 0.3 is 0 Å². The highest BCUT2D eigenvalue weighted by Gasteiger charge is 2.22. The molecule has 0 aliphatic carbocycles. The number of aryl methyl sites for hydroxylation is 2. The van der Waals surface area contributed by atoms with Crippen molar-refractivity contribution in [3.63, 3.8) is 0 Å². The minimum atomic E-state index is -1.25. The van der Waals surface area contributed by atoms with E-state index >= 15 is 0 Å². The lowest BCUT2D eigenvalue weighted by atomic mass is 10.1. The van der Waals surface area contributed by atoms with Gasteiger partial charge in [-0.3, -0.25) is 0 Å². The van der Waals surface area contributed by atoms with Crippen LogP contribution in [0.15, 0.2) is 54.6 Å². The third-order valence-corrected chi connectivity index (χ3v) is 7.40. The molecule has 0 spiro atoms. The maximum absolute atomic E-state index is 2.48. The predicted octanol–water partition coefficient (Wildman–Crippen LogP) is 4.54. The lowest BCUT2D eigenvalue weighted by Gasteiger charge is -2.22. The molecule has 0 aliphatic rings. The fourth-order valence-electron chi connectivity index (χ4n) is 2.64. The Morgan fingerprint density at radius 1 is 0.895 bits per heavy atom. The highest BCUT2D eigenvalue weighted by atomic mass is 28.3. The molecule has 2 rings (SSSR count). The summed E-state index contributed by atoms with van der Waals surface area (Å²) in [4.78, 5) is 0. The van der Waals surface area contributed by atoms with Crippen LogP contribution >= 0.6 is 0 Å². The first-order valence-electron chi connectivity index (χ1n) is 7.19. The molecular formula is C18H24Si. The van der Waals surface area contributed by atoms with Crippen LogP contribution in [0.4, 0.5) is 0 Å². The van der Waals surface area contributed by atoms with Crippen LogP contribution in [0, 0.1) is 6.92 Å². The summed E-state index contributed by atoms with van der Waals surface area (Å²) >= 11 is 0. The summed E-state index contributed by atoms with van der Waals surface area (Å²) in [6.07, 6.45) is 2.52. The lowest BCUT2D eigenvalue weighted by molar-refractivity contribution is 0.903. The molecule has 0 N–H and O–H groups in total. The second kappa shape index (κ2) is 6.20. The van der Waals surface area contributed by atoms with Crippen molar-refractivity contribution in [3.8, 4) is 0 Å². The zero-order valence-electron chi connectivity index (χ0n) is 12.3. The first-order valence-corrected chi connectivity index (χ1v) is 10.4. The quantitative estimate of drug-likeness (QED) is 0.698. The molecule has 0 atom stereocenters. The smallest absolute Gasteiger partial charge is 0.0654 e. The van der Waals surface area contributed by atoms with E-state index in [0.717, 1.165) is 0 Å². The predicted molar refractivity (Wildman–Crippen MR) is 87.9 cm³/mol. The van der Waals surface area contributed by atoms with Crippen molar-refractivity contribution in [1.29, 1.82) is 0 Å². The zero-order valence-corrected chi connectivity index (χ0v) is 13.3. The van der Waals surface area contributed by atoms with Crippen LogP contribution in [0.3, 0.4) is 0 Å². The van der Waals surface area contributed by atoms with E-state index in [9.17, 15) is 0 Å². The van der Waals surface area contributed by atoms with Crippen molar-refractivity contribution in [2.75, 3.05) is 0 Å². The van der Waals surface area contributed by atoms with Gasteiger partial charge in [0.05, 0.1) is 8.07 Å². The summed E-state index contributed by atoms with van der Waals surface area (Å²) in [5.74, 6) is 0. The van der Waals surface area contributed by atoms with Crippen LogP contribution in [-0.2, 0) is 6.42 Å². The van der Waals surface area contributed by atoms with Crippen LogP contribution < -0.4 is 5.19 Å². The van der Waals surface area contributed by atoms with E-state index in [1.165, 1.54) is 30.0 Å². The van der Waals surface area contributed by atoms with Gasteiger partial charge in [-0.05, 0) is 18.9 Å². The molecule has 100 valence electrons. The van der Waals surface area contributed by atoms with Crippen LogP contribution in [-0.4, -0.2) is 8.07 Å². The summed E-state index contributed by atoms with van der Waals surface area (Å²) < 4.78 is 0. The lowest BCUT2D eigenvalue weighted by Crippen LogP contribution is -2.40. The normalized spacial score (nSPS) is 11.5. The number of benzene rings is 2. The van der Waals surface area contributed by atoms with Crippen LogP contribution in [0.25, 0.3) is 0 Å². The molecule has 2 aromatic carbocycles. The summed E-state index contributed by atoms with van der Waals surface area (Å²) in [6.45, 7) is 7.14. The van der Waals surface area contributed by atoms with Crippen molar-refractivity contribution in [3.05, 3.63) is 65.7 Å². The van der Waals surface area contributed by atoms with E-state index in [0.29, 0.717) is 0 Å². The van der Waals surface area contributed by atoms with Crippen molar-refractivity contribution >= 4 is 13.3 Å². The van der Waals surface area contributed by atoms with Gasteiger partial charge in [0.25, 0.3) is 0 Å². The molecule has 0 nitrogen and oxygen atoms in total. The van der Waals surface area contributed by atoms with E-state index in [1.54, 1.807) is 5.19 Å². The third kappa shape index (κ3) is 4.07. The molecule has 0 saturated carbocycles. The molecule has 19 heavy (non-hydrogen) atoms. The standard InChI is InChI=1S/C18H24Si/c1-16-9-7-10-17(15-16)11-8-14-19(2,3)18-12-5-4-6-13-18/h4-7,9-10,12-13,15H,8,11,14H2,1-3H3. The van der Waals surface area contributed by atoms with Gasteiger partial charge in [-0.1, -0.05) is 90.9 Å². The van der Waals surface area contributed by atoms with Gasteiger partial charge in [0.2, 0.25) is 0 Å². The van der Waals surface area contributed by atoms with Crippen molar-refractivity contribution in [2.24, 2.45) is 0 Å². The molecule has 0 amide bonds. The molecule has 0 unspecified atom stereocenters. The van der Waals surface area contributed by atoms with Crippen molar-refractivity contribution < 1.29 is 0 Å². The maximum Gasteiger partial charge on any atom is 0.0806 e. The first-order chi connectivity index (χ1) is 9.08. The summed E-state index contributed by atoms with van der Waals surface area (Å²) in [6, 6.07) is 21.3. The minimum absolute atomic E-state index is 1.21. The van der Waals surface area contributed by atoms with E-state index in [4.69, 9.17) is 0 Å². The average Bonchev–Trinajstić information content (AvgIpc) is 2.40. The van der Waals surface area contributed by atoms with Gasteiger partial charge in [-0.25, -0.2) is 0 Å². The topological polar surface area (TPSA) is 0 Å². The van der Waals surface area contributed by atoms with Gasteiger partial charge < -0.3 is 0 Å². The first kappa shape index (κ1) is 14.1. The second-order valence-electron chi connectivity index (χ2n) is 6.09. The zero-order chi connectivity index (χ0) is 13.7. The van der Waals surface area contributed by atoms with Gasteiger partial charge in [0, 0.05) is 0 Å². The van der Waals surface area contributed by atoms with E-state index in [1.807, 2.05) is 0 Å². The Morgan fingerprint density at radius 2 is 1.63 bits per heavy atom. The average molecular weight is 268 g/mol. The van der Waals surface area contributed by atoms with E-state index in [-0.39, 0.29) is 0 Å². The van der Waals surface area contributed by atoms with Crippen LogP contribution in [0.2, 0.25) is 19.1 Å². The highest BCUT2D eigenvalue weighted by molar-refractivity contribution is 6.89. The summed E-state index contributed by atoms with van der Waals surface area (Å²) in [7, 11) is -1.25. The molecule has 2 aromatic rings. The molecule has 0 radical (unpaired) electrons. The molecule has 0 bridgehead atoms. The van der Waals surface area contributed by atoms with E-state index in [2.05, 4.69) is 74.6 Å². The van der Waals surface area contributed by atoms with Crippen molar-refractivity contribution in [1.82, 2.24) is 0 Å². The van der Waals surface area contributed by atoms with E-state index < -0.39 is 8.07 Å². The van der Waals surface area contributed by atoms with Crippen molar-refractivity contribution in [2.45, 2.75) is 38.9 Å². The van der Waals surface area contributed by atoms with Gasteiger partial charge in [-0.2, -0.15) is 0 Å². The third-order valence-electron chi connectivity index (χ3n) is 3.90. The largest absolute Gasteiger partial charge is 0.0806 e. The maximum atomic E-state index is 2.48. The fraction of sp³-hybridized carbons (Fsp3) is 0.333. The molecular weight excluding hydrogens is 244 g/mol. The van der Waals surface area contributed by atoms with Gasteiger partial charge in [0.1, 0.15) is 0 Å².